The summed E-state index contributed by atoms with van der Waals surface area (Å²) in [6, 6.07) is 12.7. The Morgan fingerprint density at radius 3 is 2.60 bits per heavy atom. The zero-order chi connectivity index (χ0) is 14.5. The van der Waals surface area contributed by atoms with Crippen LogP contribution in [0.3, 0.4) is 0 Å². The van der Waals surface area contributed by atoms with E-state index in [-0.39, 0.29) is 5.82 Å². The lowest BCUT2D eigenvalue weighted by atomic mass is 10.1. The minimum atomic E-state index is -0.294. The molecule has 0 aliphatic carbocycles. The highest BCUT2D eigenvalue weighted by molar-refractivity contribution is 5.39. The molecular weight excluding hydrogens is 253 g/mol. The highest BCUT2D eigenvalue weighted by Gasteiger charge is 2.04. The van der Waals surface area contributed by atoms with Gasteiger partial charge in [-0.2, -0.15) is 0 Å². The number of rotatable bonds is 5. The van der Waals surface area contributed by atoms with Crippen molar-refractivity contribution in [2.75, 3.05) is 0 Å². The van der Waals surface area contributed by atoms with Gasteiger partial charge in [-0.3, -0.25) is 0 Å². The molecule has 0 unspecified atom stereocenters. The molecule has 0 saturated carbocycles. The van der Waals surface area contributed by atoms with Crippen LogP contribution >= 0.6 is 0 Å². The first kappa shape index (κ1) is 14.5. The van der Waals surface area contributed by atoms with Crippen molar-refractivity contribution >= 4 is 0 Å². The number of benzene rings is 2. The molecule has 0 aliphatic rings. The summed E-state index contributed by atoms with van der Waals surface area (Å²) in [6.07, 6.45) is 0. The summed E-state index contributed by atoms with van der Waals surface area (Å²) >= 11 is 0. The standard InChI is InChI=1S/C17H20FNO/c1-12(2)19-11-14-7-8-17(13(3)9-14)20-16-6-4-5-15(18)10-16/h4-10,12,19H,11H2,1-3H3. The van der Waals surface area contributed by atoms with E-state index in [1.165, 1.54) is 17.7 Å². The predicted molar refractivity (Wildman–Crippen MR) is 79.6 cm³/mol. The summed E-state index contributed by atoms with van der Waals surface area (Å²) in [5.74, 6) is 0.975. The molecule has 3 heteroatoms. The average molecular weight is 273 g/mol. The third-order valence-corrected chi connectivity index (χ3v) is 2.98. The van der Waals surface area contributed by atoms with Crippen molar-refractivity contribution < 1.29 is 9.13 Å². The maximum Gasteiger partial charge on any atom is 0.130 e. The Kier molecular flexibility index (Phi) is 4.74. The van der Waals surface area contributed by atoms with Crippen molar-refractivity contribution in [3.8, 4) is 11.5 Å². The first-order chi connectivity index (χ1) is 9.54. The minimum absolute atomic E-state index is 0.294. The molecule has 0 fully saturated rings. The van der Waals surface area contributed by atoms with E-state index < -0.39 is 0 Å². The molecule has 0 atom stereocenters. The van der Waals surface area contributed by atoms with Crippen LogP contribution in [0.15, 0.2) is 42.5 Å². The number of nitrogens with one attached hydrogen (secondary N) is 1. The van der Waals surface area contributed by atoms with Crippen molar-refractivity contribution in [1.29, 1.82) is 0 Å². The van der Waals surface area contributed by atoms with Gasteiger partial charge in [-0.25, -0.2) is 4.39 Å². The van der Waals surface area contributed by atoms with Crippen LogP contribution in [0.25, 0.3) is 0 Å². The van der Waals surface area contributed by atoms with Crippen LogP contribution < -0.4 is 10.1 Å². The van der Waals surface area contributed by atoms with Gasteiger partial charge in [0, 0.05) is 18.7 Å². The number of aryl methyl sites for hydroxylation is 1. The van der Waals surface area contributed by atoms with Gasteiger partial charge >= 0.3 is 0 Å². The second-order valence-electron chi connectivity index (χ2n) is 5.19. The average Bonchev–Trinajstić information content (AvgIpc) is 2.39. The molecule has 2 rings (SSSR count). The SMILES string of the molecule is Cc1cc(CNC(C)C)ccc1Oc1cccc(F)c1. The van der Waals surface area contributed by atoms with Gasteiger partial charge in [0.2, 0.25) is 0 Å². The van der Waals surface area contributed by atoms with Gasteiger partial charge in [0.1, 0.15) is 17.3 Å². The quantitative estimate of drug-likeness (QED) is 0.870. The van der Waals surface area contributed by atoms with Crippen LogP contribution in [0, 0.1) is 12.7 Å². The molecule has 0 radical (unpaired) electrons. The van der Waals surface area contributed by atoms with E-state index in [2.05, 4.69) is 25.2 Å². The smallest absolute Gasteiger partial charge is 0.130 e. The van der Waals surface area contributed by atoms with Crippen LogP contribution in [0.2, 0.25) is 0 Å². The third kappa shape index (κ3) is 4.07. The molecule has 20 heavy (non-hydrogen) atoms. The normalized spacial score (nSPS) is 10.8. The lowest BCUT2D eigenvalue weighted by Crippen LogP contribution is -2.21. The largest absolute Gasteiger partial charge is 0.457 e. The Morgan fingerprint density at radius 2 is 1.95 bits per heavy atom. The van der Waals surface area contributed by atoms with E-state index in [9.17, 15) is 4.39 Å². The zero-order valence-corrected chi connectivity index (χ0v) is 12.1. The van der Waals surface area contributed by atoms with Gasteiger partial charge in [0.05, 0.1) is 0 Å². The summed E-state index contributed by atoms with van der Waals surface area (Å²) in [6.45, 7) is 7.06. The zero-order valence-electron chi connectivity index (χ0n) is 12.1. The highest BCUT2D eigenvalue weighted by atomic mass is 19.1. The van der Waals surface area contributed by atoms with Crippen molar-refractivity contribution in [3.05, 3.63) is 59.4 Å². The number of ether oxygens (including phenoxy) is 1. The Hall–Kier alpha value is -1.87. The van der Waals surface area contributed by atoms with Crippen molar-refractivity contribution in [2.45, 2.75) is 33.4 Å². The highest BCUT2D eigenvalue weighted by Crippen LogP contribution is 2.26. The van der Waals surface area contributed by atoms with Crippen molar-refractivity contribution in [2.24, 2.45) is 0 Å². The third-order valence-electron chi connectivity index (χ3n) is 2.98. The van der Waals surface area contributed by atoms with E-state index in [0.29, 0.717) is 11.8 Å². The van der Waals surface area contributed by atoms with Crippen LogP contribution in [-0.2, 0) is 6.54 Å². The Labute approximate surface area is 119 Å². The molecule has 0 aliphatic heterocycles. The summed E-state index contributed by atoms with van der Waals surface area (Å²) in [4.78, 5) is 0. The molecule has 106 valence electrons. The van der Waals surface area contributed by atoms with Crippen molar-refractivity contribution in [3.63, 3.8) is 0 Å². The molecule has 0 bridgehead atoms. The topological polar surface area (TPSA) is 21.3 Å². The second kappa shape index (κ2) is 6.53. The first-order valence-corrected chi connectivity index (χ1v) is 6.81. The minimum Gasteiger partial charge on any atom is -0.457 e. The molecule has 2 aromatic carbocycles. The first-order valence-electron chi connectivity index (χ1n) is 6.81. The maximum absolute atomic E-state index is 13.1. The summed E-state index contributed by atoms with van der Waals surface area (Å²) in [7, 11) is 0. The van der Waals surface area contributed by atoms with Gasteiger partial charge in [-0.1, -0.05) is 32.0 Å². The fourth-order valence-corrected chi connectivity index (χ4v) is 1.92. The second-order valence-corrected chi connectivity index (χ2v) is 5.19. The molecule has 0 saturated heterocycles. The van der Waals surface area contributed by atoms with Gasteiger partial charge in [-0.15, -0.1) is 0 Å². The number of hydrogen-bond acceptors (Lipinski definition) is 2. The van der Waals surface area contributed by atoms with Crippen LogP contribution in [0.4, 0.5) is 4.39 Å². The molecule has 2 aromatic rings. The number of halogens is 1. The van der Waals surface area contributed by atoms with E-state index in [4.69, 9.17) is 4.74 Å². The Balaban J connectivity index is 2.09. The Bertz CT molecular complexity index is 581. The molecule has 0 amide bonds. The van der Waals surface area contributed by atoms with Crippen LogP contribution in [0.5, 0.6) is 11.5 Å². The lowest BCUT2D eigenvalue weighted by Gasteiger charge is -2.12. The van der Waals surface area contributed by atoms with E-state index in [1.807, 2.05) is 19.1 Å². The molecule has 0 heterocycles. The van der Waals surface area contributed by atoms with Crippen molar-refractivity contribution in [1.82, 2.24) is 5.32 Å². The molecular formula is C17H20FNO. The van der Waals surface area contributed by atoms with Gasteiger partial charge < -0.3 is 10.1 Å². The Morgan fingerprint density at radius 1 is 1.15 bits per heavy atom. The molecule has 1 N–H and O–H groups in total. The summed E-state index contributed by atoms with van der Waals surface area (Å²) in [5.41, 5.74) is 2.25. The van der Waals surface area contributed by atoms with E-state index in [0.717, 1.165) is 17.9 Å². The predicted octanol–water partition coefficient (Wildman–Crippen LogP) is 4.42. The summed E-state index contributed by atoms with van der Waals surface area (Å²) in [5, 5.41) is 3.38. The number of hydrogen-bond donors (Lipinski definition) is 1. The van der Waals surface area contributed by atoms with E-state index in [1.54, 1.807) is 12.1 Å². The summed E-state index contributed by atoms with van der Waals surface area (Å²) < 4.78 is 18.8. The van der Waals surface area contributed by atoms with Crippen LogP contribution in [-0.4, -0.2) is 6.04 Å². The molecule has 2 nitrogen and oxygen atoms in total. The van der Waals surface area contributed by atoms with Crippen LogP contribution in [0.1, 0.15) is 25.0 Å². The molecule has 0 spiro atoms. The fraction of sp³-hybridized carbons (Fsp3) is 0.294. The van der Waals surface area contributed by atoms with E-state index >= 15 is 0 Å². The maximum atomic E-state index is 13.1. The lowest BCUT2D eigenvalue weighted by molar-refractivity contribution is 0.472. The molecule has 0 aromatic heterocycles. The van der Waals surface area contributed by atoms with Gasteiger partial charge in [-0.05, 0) is 36.2 Å². The fourth-order valence-electron chi connectivity index (χ4n) is 1.92. The monoisotopic (exact) mass is 273 g/mol. The van der Waals surface area contributed by atoms with Gasteiger partial charge in [0.25, 0.3) is 0 Å². The van der Waals surface area contributed by atoms with Gasteiger partial charge in [0.15, 0.2) is 0 Å².